The Balaban J connectivity index is 1.76. The molecule has 0 aliphatic rings. The number of hydrogen-bond donors (Lipinski definition) is 0. The fourth-order valence-electron chi connectivity index (χ4n) is 3.72. The summed E-state index contributed by atoms with van der Waals surface area (Å²) in [5.74, 6) is 0.113. The number of nitrogens with zero attached hydrogens (tertiary/aromatic N) is 4. The van der Waals surface area contributed by atoms with Gasteiger partial charge in [0.15, 0.2) is 0 Å². The Bertz CT molecular complexity index is 1450. The van der Waals surface area contributed by atoms with Gasteiger partial charge in [-0.1, -0.05) is 22.0 Å². The first kappa shape index (κ1) is 21.7. The largest absolute Gasteiger partial charge is 0.465 e. The van der Waals surface area contributed by atoms with Gasteiger partial charge in [0.2, 0.25) is 0 Å². The highest BCUT2D eigenvalue weighted by Crippen LogP contribution is 2.21. The van der Waals surface area contributed by atoms with Crippen LogP contribution in [-0.2, 0) is 4.74 Å². The van der Waals surface area contributed by atoms with Crippen LogP contribution in [0, 0.1) is 20.8 Å². The average molecular weight is 493 g/mol. The first-order chi connectivity index (χ1) is 15.3. The number of fused-ring (bicyclic) bond motifs is 1. The molecule has 0 spiro atoms. The molecule has 0 aliphatic carbocycles. The van der Waals surface area contributed by atoms with E-state index in [1.165, 1.54) is 11.8 Å². The Morgan fingerprint density at radius 1 is 1.12 bits per heavy atom. The Labute approximate surface area is 193 Å². The topological polar surface area (TPSA) is 78.5 Å². The number of ether oxygens (including phenoxy) is 1. The molecule has 4 aromatic rings. The Kier molecular flexibility index (Phi) is 5.80. The number of methoxy groups -OCH3 is 1. The summed E-state index contributed by atoms with van der Waals surface area (Å²) in [6.45, 7) is 5.69. The highest BCUT2D eigenvalue weighted by atomic mass is 79.9. The van der Waals surface area contributed by atoms with Gasteiger partial charge in [0.1, 0.15) is 5.82 Å². The number of rotatable bonds is 4. The number of aryl methyl sites for hydroxylation is 2. The van der Waals surface area contributed by atoms with Crippen molar-refractivity contribution in [2.75, 3.05) is 7.11 Å². The zero-order chi connectivity index (χ0) is 23.0. The molecule has 0 saturated carbocycles. The number of carbonyl (C=O) groups excluding carboxylic acids is 1. The van der Waals surface area contributed by atoms with Crippen molar-refractivity contribution in [3.63, 3.8) is 0 Å². The molecule has 2 aromatic heterocycles. The molecule has 7 nitrogen and oxygen atoms in total. The van der Waals surface area contributed by atoms with E-state index in [0.29, 0.717) is 22.3 Å². The third-order valence-corrected chi connectivity index (χ3v) is 5.77. The maximum Gasteiger partial charge on any atom is 0.337 e. The lowest BCUT2D eigenvalue weighted by atomic mass is 10.2. The van der Waals surface area contributed by atoms with Crippen LogP contribution in [0.25, 0.3) is 16.6 Å². The van der Waals surface area contributed by atoms with E-state index in [9.17, 15) is 9.59 Å². The summed E-state index contributed by atoms with van der Waals surface area (Å²) >= 11 is 3.40. The number of hydrogen-bond acceptors (Lipinski definition) is 5. The molecule has 0 bridgehead atoms. The fraction of sp³-hybridized carbons (Fsp3) is 0.167. The summed E-state index contributed by atoms with van der Waals surface area (Å²) in [4.78, 5) is 29.4. The van der Waals surface area contributed by atoms with Gasteiger partial charge >= 0.3 is 5.97 Å². The van der Waals surface area contributed by atoms with Crippen LogP contribution in [0.3, 0.4) is 0 Å². The standard InChI is InChI=1S/C24H21BrN4O3/c1-14-10-18(15(2)28(14)20-7-5-6-17(11-20)24(31)32-4)13-26-29-16(3)27-22-9-8-19(25)12-21(22)23(29)30/h5-13H,1-4H3. The van der Waals surface area contributed by atoms with Crippen LogP contribution in [0.4, 0.5) is 0 Å². The van der Waals surface area contributed by atoms with Gasteiger partial charge in [-0.15, -0.1) is 0 Å². The zero-order valence-corrected chi connectivity index (χ0v) is 19.7. The second kappa shape index (κ2) is 8.55. The average Bonchev–Trinajstić information content (AvgIpc) is 3.06. The lowest BCUT2D eigenvalue weighted by molar-refractivity contribution is 0.0600. The molecule has 0 atom stereocenters. The lowest BCUT2D eigenvalue weighted by Crippen LogP contribution is -2.20. The predicted molar refractivity (Wildman–Crippen MR) is 128 cm³/mol. The molecule has 2 heterocycles. The van der Waals surface area contributed by atoms with Crippen molar-refractivity contribution in [2.24, 2.45) is 5.10 Å². The second-order valence-corrected chi connectivity index (χ2v) is 8.30. The van der Waals surface area contributed by atoms with Gasteiger partial charge in [0.05, 0.1) is 29.8 Å². The number of carbonyl (C=O) groups is 1. The Hall–Kier alpha value is -3.52. The first-order valence-corrected chi connectivity index (χ1v) is 10.7. The summed E-state index contributed by atoms with van der Waals surface area (Å²) in [5, 5.41) is 4.93. The van der Waals surface area contributed by atoms with Gasteiger partial charge in [-0.25, -0.2) is 9.78 Å². The van der Waals surface area contributed by atoms with E-state index in [-0.39, 0.29) is 11.5 Å². The van der Waals surface area contributed by atoms with E-state index in [1.807, 2.05) is 42.7 Å². The second-order valence-electron chi connectivity index (χ2n) is 7.39. The SMILES string of the molecule is COC(=O)c1cccc(-n2c(C)cc(C=Nn3c(C)nc4ccc(Br)cc4c3=O)c2C)c1. The third kappa shape index (κ3) is 3.89. The third-order valence-electron chi connectivity index (χ3n) is 5.28. The van der Waals surface area contributed by atoms with Gasteiger partial charge in [-0.2, -0.15) is 9.78 Å². The normalized spacial score (nSPS) is 11.4. The van der Waals surface area contributed by atoms with Crippen molar-refractivity contribution in [2.45, 2.75) is 20.8 Å². The maximum absolute atomic E-state index is 13.0. The van der Waals surface area contributed by atoms with Crippen LogP contribution in [0.1, 0.15) is 33.1 Å². The van der Waals surface area contributed by atoms with Gasteiger partial charge in [0.25, 0.3) is 5.56 Å². The number of benzene rings is 2. The molecule has 0 amide bonds. The molecule has 0 saturated heterocycles. The van der Waals surface area contributed by atoms with Crippen molar-refractivity contribution in [1.29, 1.82) is 0 Å². The molecule has 162 valence electrons. The molecule has 0 fully saturated rings. The minimum atomic E-state index is -0.388. The van der Waals surface area contributed by atoms with E-state index in [2.05, 4.69) is 26.0 Å². The van der Waals surface area contributed by atoms with E-state index in [0.717, 1.165) is 27.1 Å². The van der Waals surface area contributed by atoms with E-state index >= 15 is 0 Å². The van der Waals surface area contributed by atoms with Crippen LogP contribution < -0.4 is 5.56 Å². The van der Waals surface area contributed by atoms with Crippen LogP contribution in [-0.4, -0.2) is 33.5 Å². The Morgan fingerprint density at radius 2 is 1.91 bits per heavy atom. The summed E-state index contributed by atoms with van der Waals surface area (Å²) in [7, 11) is 1.36. The van der Waals surface area contributed by atoms with Gasteiger partial charge < -0.3 is 9.30 Å². The van der Waals surface area contributed by atoms with Gasteiger partial charge in [0, 0.05) is 27.1 Å². The van der Waals surface area contributed by atoms with Crippen LogP contribution >= 0.6 is 15.9 Å². The quantitative estimate of drug-likeness (QED) is 0.309. The molecule has 0 aliphatic heterocycles. The molecule has 4 rings (SSSR count). The molecular weight excluding hydrogens is 472 g/mol. The smallest absolute Gasteiger partial charge is 0.337 e. The molecule has 2 aromatic carbocycles. The molecule has 8 heteroatoms. The molecular formula is C24H21BrN4O3. The molecule has 0 radical (unpaired) electrons. The zero-order valence-electron chi connectivity index (χ0n) is 18.1. The van der Waals surface area contributed by atoms with E-state index in [4.69, 9.17) is 4.74 Å². The minimum Gasteiger partial charge on any atom is -0.465 e. The summed E-state index contributed by atoms with van der Waals surface area (Å²) in [5.41, 5.74) is 4.46. The maximum atomic E-state index is 13.0. The van der Waals surface area contributed by atoms with Gasteiger partial charge in [-0.05, 0) is 63.2 Å². The van der Waals surface area contributed by atoms with Crippen molar-refractivity contribution in [3.05, 3.63) is 91.7 Å². The summed E-state index contributed by atoms with van der Waals surface area (Å²) < 4.78 is 8.97. The van der Waals surface area contributed by atoms with Crippen molar-refractivity contribution >= 4 is 39.0 Å². The highest BCUT2D eigenvalue weighted by Gasteiger charge is 2.13. The molecule has 0 unspecified atom stereocenters. The highest BCUT2D eigenvalue weighted by molar-refractivity contribution is 9.10. The first-order valence-electron chi connectivity index (χ1n) is 9.91. The Morgan fingerprint density at radius 3 is 2.66 bits per heavy atom. The van der Waals surface area contributed by atoms with E-state index < -0.39 is 0 Å². The number of halogens is 1. The molecule has 0 N–H and O–H groups in total. The van der Waals surface area contributed by atoms with Crippen molar-refractivity contribution in [1.82, 2.24) is 14.2 Å². The van der Waals surface area contributed by atoms with E-state index in [1.54, 1.807) is 37.4 Å². The molecule has 32 heavy (non-hydrogen) atoms. The lowest BCUT2D eigenvalue weighted by Gasteiger charge is -2.11. The van der Waals surface area contributed by atoms with Crippen LogP contribution in [0.2, 0.25) is 0 Å². The summed E-state index contributed by atoms with van der Waals surface area (Å²) in [6.07, 6.45) is 1.66. The van der Waals surface area contributed by atoms with Gasteiger partial charge in [-0.3, -0.25) is 4.79 Å². The number of aromatic nitrogens is 3. The van der Waals surface area contributed by atoms with Crippen molar-refractivity contribution < 1.29 is 9.53 Å². The van der Waals surface area contributed by atoms with Crippen LogP contribution in [0.5, 0.6) is 0 Å². The fourth-order valence-corrected chi connectivity index (χ4v) is 4.08. The van der Waals surface area contributed by atoms with Crippen molar-refractivity contribution in [3.8, 4) is 5.69 Å². The predicted octanol–water partition coefficient (Wildman–Crippen LogP) is 4.54. The summed E-state index contributed by atoms with van der Waals surface area (Å²) in [6, 6.07) is 14.6. The van der Waals surface area contributed by atoms with Crippen LogP contribution in [0.15, 0.2) is 62.9 Å². The monoisotopic (exact) mass is 492 g/mol. The minimum absolute atomic E-state index is 0.232. The number of esters is 1.